The normalized spacial score (nSPS) is 15.4. The van der Waals surface area contributed by atoms with Crippen molar-refractivity contribution in [1.82, 2.24) is 14.7 Å². The third kappa shape index (κ3) is 6.40. The lowest BCUT2D eigenvalue weighted by Crippen LogP contribution is -2.34. The number of sulfone groups is 1. The number of piperidine rings is 1. The number of hydrogen-bond acceptors (Lipinski definition) is 5. The summed E-state index contributed by atoms with van der Waals surface area (Å²) in [6, 6.07) is 14.6. The van der Waals surface area contributed by atoms with Crippen LogP contribution in [0, 0.1) is 5.92 Å². The number of halogens is 1. The van der Waals surface area contributed by atoms with E-state index in [9.17, 15) is 13.2 Å². The molecule has 186 valence electrons. The minimum atomic E-state index is -3.17. The number of carbonyl (C=O) groups excluding carboxylic acids is 1. The van der Waals surface area contributed by atoms with Gasteiger partial charge in [0.25, 0.3) is 0 Å². The Bertz CT molecular complexity index is 1260. The van der Waals surface area contributed by atoms with Gasteiger partial charge in [-0.15, -0.1) is 0 Å². The molecule has 0 unspecified atom stereocenters. The number of aromatic nitrogens is 2. The topological polar surface area (TPSA) is 72.3 Å². The molecule has 0 spiro atoms. The molecule has 1 aliphatic heterocycles. The molecular weight excluding hydrogens is 482 g/mol. The van der Waals surface area contributed by atoms with Crippen molar-refractivity contribution >= 4 is 27.2 Å². The van der Waals surface area contributed by atoms with Crippen LogP contribution in [0.2, 0.25) is 5.02 Å². The Morgan fingerprint density at radius 2 is 1.71 bits per heavy atom. The van der Waals surface area contributed by atoms with Gasteiger partial charge in [-0.2, -0.15) is 5.10 Å². The van der Waals surface area contributed by atoms with E-state index < -0.39 is 9.84 Å². The van der Waals surface area contributed by atoms with Crippen LogP contribution in [-0.2, 0) is 22.8 Å². The molecule has 1 fully saturated rings. The summed E-state index contributed by atoms with van der Waals surface area (Å²) in [7, 11) is -3.17. The number of Topliss-reactive ketones (excluding diaryl/α,β-unsaturated/α-hetero) is 1. The van der Waals surface area contributed by atoms with Crippen molar-refractivity contribution in [3.63, 3.8) is 0 Å². The number of benzene rings is 2. The van der Waals surface area contributed by atoms with E-state index in [4.69, 9.17) is 11.6 Å². The first-order chi connectivity index (χ1) is 16.7. The summed E-state index contributed by atoms with van der Waals surface area (Å²) < 4.78 is 25.2. The number of ketones is 1. The second kappa shape index (κ2) is 11.1. The second-order valence-corrected chi connectivity index (χ2v) is 11.9. The standard InChI is InChI=1S/C27H32ClN3O3S/c1-3-4-26-25(18-29-31(26)23-9-7-22(28)8-10-23)27(32)17-20-13-15-30(16-14-20)19-21-5-11-24(12-6-21)35(2,33)34/h5-12,18,20H,3-4,13-17,19H2,1-2H3. The molecule has 0 aliphatic carbocycles. The SMILES string of the molecule is CCCc1c(C(=O)CC2CCN(Cc3ccc(S(C)(=O)=O)cc3)CC2)cnn1-c1ccc(Cl)cc1. The lowest BCUT2D eigenvalue weighted by molar-refractivity contribution is 0.0924. The molecule has 2 aromatic carbocycles. The molecule has 0 saturated carbocycles. The second-order valence-electron chi connectivity index (χ2n) is 9.41. The molecule has 1 aromatic heterocycles. The van der Waals surface area contributed by atoms with Crippen LogP contribution in [0.25, 0.3) is 5.69 Å². The Morgan fingerprint density at radius 3 is 2.31 bits per heavy atom. The van der Waals surface area contributed by atoms with Gasteiger partial charge in [0.1, 0.15) is 0 Å². The fourth-order valence-electron chi connectivity index (χ4n) is 4.71. The minimum Gasteiger partial charge on any atom is -0.299 e. The van der Waals surface area contributed by atoms with Crippen LogP contribution in [0.5, 0.6) is 0 Å². The van der Waals surface area contributed by atoms with Crippen molar-refractivity contribution in [3.05, 3.63) is 76.6 Å². The number of hydrogen-bond donors (Lipinski definition) is 0. The average molecular weight is 514 g/mol. The van der Waals surface area contributed by atoms with E-state index in [1.807, 2.05) is 41.1 Å². The van der Waals surface area contributed by atoms with Crippen LogP contribution in [-0.4, -0.2) is 48.2 Å². The van der Waals surface area contributed by atoms with E-state index >= 15 is 0 Å². The average Bonchev–Trinajstić information content (AvgIpc) is 3.25. The summed E-state index contributed by atoms with van der Waals surface area (Å²) >= 11 is 6.03. The van der Waals surface area contributed by atoms with Gasteiger partial charge in [0.15, 0.2) is 15.6 Å². The highest BCUT2D eigenvalue weighted by atomic mass is 35.5. The molecule has 2 heterocycles. The van der Waals surface area contributed by atoms with Crippen LogP contribution < -0.4 is 0 Å². The van der Waals surface area contributed by atoms with Gasteiger partial charge in [-0.1, -0.05) is 37.1 Å². The molecule has 1 saturated heterocycles. The van der Waals surface area contributed by atoms with E-state index in [1.165, 1.54) is 6.26 Å². The van der Waals surface area contributed by atoms with Crippen molar-refractivity contribution in [2.45, 2.75) is 50.5 Å². The maximum Gasteiger partial charge on any atom is 0.175 e. The molecule has 0 N–H and O–H groups in total. The Morgan fingerprint density at radius 1 is 1.06 bits per heavy atom. The number of likely N-dealkylation sites (tertiary alicyclic amines) is 1. The van der Waals surface area contributed by atoms with Gasteiger partial charge in [0.05, 0.1) is 28.0 Å². The molecule has 0 bridgehead atoms. The van der Waals surface area contributed by atoms with E-state index in [1.54, 1.807) is 18.3 Å². The van der Waals surface area contributed by atoms with E-state index in [0.717, 1.165) is 67.8 Å². The first-order valence-electron chi connectivity index (χ1n) is 12.1. The Kier molecular flexibility index (Phi) is 8.09. The molecule has 6 nitrogen and oxygen atoms in total. The van der Waals surface area contributed by atoms with Crippen molar-refractivity contribution in [2.24, 2.45) is 5.92 Å². The van der Waals surface area contributed by atoms with Gasteiger partial charge in [0.2, 0.25) is 0 Å². The van der Waals surface area contributed by atoms with Gasteiger partial charge in [-0.25, -0.2) is 13.1 Å². The number of rotatable bonds is 9. The van der Waals surface area contributed by atoms with E-state index in [2.05, 4.69) is 16.9 Å². The van der Waals surface area contributed by atoms with Gasteiger partial charge in [-0.3, -0.25) is 9.69 Å². The van der Waals surface area contributed by atoms with Gasteiger partial charge in [0, 0.05) is 24.2 Å². The predicted octanol–water partition coefficient (Wildman–Crippen LogP) is 5.37. The predicted molar refractivity (Wildman–Crippen MR) is 139 cm³/mol. The highest BCUT2D eigenvalue weighted by Gasteiger charge is 2.25. The van der Waals surface area contributed by atoms with Crippen molar-refractivity contribution in [1.29, 1.82) is 0 Å². The lowest BCUT2D eigenvalue weighted by atomic mass is 9.89. The number of nitrogens with zero attached hydrogens (tertiary/aromatic N) is 3. The maximum absolute atomic E-state index is 13.3. The van der Waals surface area contributed by atoms with Crippen molar-refractivity contribution in [2.75, 3.05) is 19.3 Å². The summed E-state index contributed by atoms with van der Waals surface area (Å²) in [4.78, 5) is 16.0. The molecule has 8 heteroatoms. The van der Waals surface area contributed by atoms with Crippen LogP contribution >= 0.6 is 11.6 Å². The number of carbonyl (C=O) groups is 1. The molecule has 0 radical (unpaired) electrons. The highest BCUT2D eigenvalue weighted by Crippen LogP contribution is 2.26. The Hall–Kier alpha value is -2.48. The van der Waals surface area contributed by atoms with E-state index in [-0.39, 0.29) is 5.78 Å². The van der Waals surface area contributed by atoms with Crippen molar-refractivity contribution in [3.8, 4) is 5.69 Å². The Labute approximate surface area is 212 Å². The molecule has 0 atom stereocenters. The Balaban J connectivity index is 1.35. The summed E-state index contributed by atoms with van der Waals surface area (Å²) in [6.07, 6.45) is 7.16. The molecule has 4 rings (SSSR count). The van der Waals surface area contributed by atoms with Crippen LogP contribution in [0.1, 0.15) is 54.2 Å². The van der Waals surface area contributed by atoms with Gasteiger partial charge >= 0.3 is 0 Å². The monoisotopic (exact) mass is 513 g/mol. The quantitative estimate of drug-likeness (QED) is 0.360. The molecule has 3 aromatic rings. The maximum atomic E-state index is 13.3. The minimum absolute atomic E-state index is 0.170. The summed E-state index contributed by atoms with van der Waals surface area (Å²) in [5, 5.41) is 5.21. The zero-order chi connectivity index (χ0) is 25.0. The van der Waals surface area contributed by atoms with E-state index in [0.29, 0.717) is 22.3 Å². The van der Waals surface area contributed by atoms with Crippen molar-refractivity contribution < 1.29 is 13.2 Å². The smallest absolute Gasteiger partial charge is 0.175 e. The van der Waals surface area contributed by atoms with Crippen LogP contribution in [0.4, 0.5) is 0 Å². The third-order valence-corrected chi connectivity index (χ3v) is 8.05. The summed E-state index contributed by atoms with van der Waals surface area (Å²) in [6.45, 7) is 4.76. The summed E-state index contributed by atoms with van der Waals surface area (Å²) in [5.41, 5.74) is 3.71. The highest BCUT2D eigenvalue weighted by molar-refractivity contribution is 7.90. The first-order valence-corrected chi connectivity index (χ1v) is 14.4. The summed E-state index contributed by atoms with van der Waals surface area (Å²) in [5.74, 6) is 0.531. The fraction of sp³-hybridized carbons (Fsp3) is 0.407. The fourth-order valence-corrected chi connectivity index (χ4v) is 5.47. The third-order valence-electron chi connectivity index (χ3n) is 6.67. The molecule has 35 heavy (non-hydrogen) atoms. The van der Waals surface area contributed by atoms with Gasteiger partial charge in [-0.05, 0) is 80.2 Å². The largest absolute Gasteiger partial charge is 0.299 e. The van der Waals surface area contributed by atoms with Crippen LogP contribution in [0.15, 0.2) is 59.6 Å². The molecule has 0 amide bonds. The lowest BCUT2D eigenvalue weighted by Gasteiger charge is -2.31. The molecular formula is C27H32ClN3O3S. The zero-order valence-corrected chi connectivity index (χ0v) is 21.9. The van der Waals surface area contributed by atoms with Crippen LogP contribution in [0.3, 0.4) is 0 Å². The zero-order valence-electron chi connectivity index (χ0n) is 20.3. The first kappa shape index (κ1) is 25.6. The molecule has 1 aliphatic rings. The van der Waals surface area contributed by atoms with Gasteiger partial charge < -0.3 is 0 Å².